The lowest BCUT2D eigenvalue weighted by Gasteiger charge is -2.38. The molecule has 1 aliphatic rings. The predicted octanol–water partition coefficient (Wildman–Crippen LogP) is 4.61. The van der Waals surface area contributed by atoms with Crippen LogP contribution >= 0.6 is 0 Å². The van der Waals surface area contributed by atoms with Crippen molar-refractivity contribution in [3.05, 3.63) is 24.3 Å². The molecule has 0 aliphatic heterocycles. The molecule has 2 unspecified atom stereocenters. The number of benzene rings is 1. The molecule has 0 spiro atoms. The van der Waals surface area contributed by atoms with Crippen molar-refractivity contribution in [2.24, 2.45) is 11.8 Å². The van der Waals surface area contributed by atoms with Crippen molar-refractivity contribution < 1.29 is 4.74 Å². The molecule has 1 N–H and O–H groups in total. The van der Waals surface area contributed by atoms with Crippen molar-refractivity contribution >= 4 is 5.69 Å². The summed E-state index contributed by atoms with van der Waals surface area (Å²) in [4.78, 5) is 0. The van der Waals surface area contributed by atoms with Crippen molar-refractivity contribution in [1.82, 2.24) is 0 Å². The first-order chi connectivity index (χ1) is 10.1. The zero-order chi connectivity index (χ0) is 15.3. The first kappa shape index (κ1) is 15.7. The molecule has 21 heavy (non-hydrogen) atoms. The highest BCUT2D eigenvalue weighted by atomic mass is 16.5. The smallest absolute Gasteiger partial charge is 0.141 e. The minimum atomic E-state index is -0.452. The van der Waals surface area contributed by atoms with E-state index in [4.69, 9.17) is 4.74 Å². The lowest BCUT2D eigenvalue weighted by molar-refractivity contribution is 0.254. The van der Waals surface area contributed by atoms with Crippen LogP contribution in [0.15, 0.2) is 24.3 Å². The Morgan fingerprint density at radius 1 is 1.43 bits per heavy atom. The SMILES string of the molecule is COc1ccccc1NC1(C#N)CCCC(CC(C)C)C1. The number of rotatable bonds is 5. The van der Waals surface area contributed by atoms with Crippen LogP contribution < -0.4 is 10.1 Å². The van der Waals surface area contributed by atoms with Crippen molar-refractivity contribution in [2.75, 3.05) is 12.4 Å². The maximum Gasteiger partial charge on any atom is 0.141 e. The van der Waals surface area contributed by atoms with E-state index in [1.165, 1.54) is 12.8 Å². The molecule has 3 heteroatoms. The van der Waals surface area contributed by atoms with Gasteiger partial charge in [-0.15, -0.1) is 0 Å². The standard InChI is InChI=1S/C18H26N2O/c1-14(2)11-15-7-6-10-18(12-15,13-19)20-16-8-4-5-9-17(16)21-3/h4-5,8-9,14-15,20H,6-7,10-12H2,1-3H3. The molecule has 0 amide bonds. The summed E-state index contributed by atoms with van der Waals surface area (Å²) in [6, 6.07) is 10.4. The van der Waals surface area contributed by atoms with Gasteiger partial charge in [0.1, 0.15) is 11.3 Å². The second kappa shape index (κ2) is 6.85. The normalized spacial score (nSPS) is 25.4. The summed E-state index contributed by atoms with van der Waals surface area (Å²) < 4.78 is 5.40. The molecule has 2 atom stereocenters. The molecule has 2 rings (SSSR count). The van der Waals surface area contributed by atoms with E-state index in [0.29, 0.717) is 11.8 Å². The summed E-state index contributed by atoms with van der Waals surface area (Å²) in [6.07, 6.45) is 5.41. The highest BCUT2D eigenvalue weighted by Crippen LogP contribution is 2.39. The zero-order valence-corrected chi connectivity index (χ0v) is 13.4. The highest BCUT2D eigenvalue weighted by Gasteiger charge is 2.37. The molecule has 1 fully saturated rings. The highest BCUT2D eigenvalue weighted by molar-refractivity contribution is 5.59. The largest absolute Gasteiger partial charge is 0.495 e. The van der Waals surface area contributed by atoms with Crippen LogP contribution in [-0.4, -0.2) is 12.6 Å². The van der Waals surface area contributed by atoms with Gasteiger partial charge in [-0.3, -0.25) is 0 Å². The third-order valence-corrected chi connectivity index (χ3v) is 4.35. The van der Waals surface area contributed by atoms with Crippen LogP contribution in [0.3, 0.4) is 0 Å². The molecular weight excluding hydrogens is 260 g/mol. The Kier molecular flexibility index (Phi) is 5.12. The Morgan fingerprint density at radius 3 is 2.86 bits per heavy atom. The van der Waals surface area contributed by atoms with Crippen LogP contribution in [0.25, 0.3) is 0 Å². The summed E-state index contributed by atoms with van der Waals surface area (Å²) in [5.41, 5.74) is 0.471. The number of ether oxygens (including phenoxy) is 1. The van der Waals surface area contributed by atoms with Crippen LogP contribution in [0.4, 0.5) is 5.69 Å². The van der Waals surface area contributed by atoms with Gasteiger partial charge in [0.05, 0.1) is 18.9 Å². The van der Waals surface area contributed by atoms with Gasteiger partial charge in [0.2, 0.25) is 0 Å². The molecule has 0 aromatic heterocycles. The second-order valence-electron chi connectivity index (χ2n) is 6.61. The van der Waals surface area contributed by atoms with E-state index in [0.717, 1.165) is 30.7 Å². The zero-order valence-electron chi connectivity index (χ0n) is 13.4. The molecule has 1 aromatic rings. The molecule has 0 bridgehead atoms. The maximum absolute atomic E-state index is 9.77. The Hall–Kier alpha value is -1.69. The summed E-state index contributed by atoms with van der Waals surface area (Å²) in [7, 11) is 1.67. The fraction of sp³-hybridized carbons (Fsp3) is 0.611. The van der Waals surface area contributed by atoms with Crippen molar-refractivity contribution in [3.63, 3.8) is 0 Å². The van der Waals surface area contributed by atoms with E-state index in [2.05, 4.69) is 25.2 Å². The van der Waals surface area contributed by atoms with Gasteiger partial charge in [0, 0.05) is 0 Å². The van der Waals surface area contributed by atoms with Gasteiger partial charge >= 0.3 is 0 Å². The van der Waals surface area contributed by atoms with Gasteiger partial charge in [-0.1, -0.05) is 32.4 Å². The lowest BCUT2D eigenvalue weighted by Crippen LogP contribution is -2.42. The quantitative estimate of drug-likeness (QED) is 0.860. The third-order valence-electron chi connectivity index (χ3n) is 4.35. The number of nitrogens with one attached hydrogen (secondary N) is 1. The van der Waals surface area contributed by atoms with Crippen LogP contribution in [0.5, 0.6) is 5.75 Å². The molecule has 0 radical (unpaired) electrons. The minimum Gasteiger partial charge on any atom is -0.495 e. The van der Waals surface area contributed by atoms with Crippen LogP contribution in [0.2, 0.25) is 0 Å². The predicted molar refractivity (Wildman–Crippen MR) is 86.4 cm³/mol. The van der Waals surface area contributed by atoms with E-state index in [-0.39, 0.29) is 0 Å². The average Bonchev–Trinajstić information content (AvgIpc) is 2.47. The summed E-state index contributed by atoms with van der Waals surface area (Å²) in [6.45, 7) is 4.52. The Balaban J connectivity index is 2.16. The number of nitrogens with zero attached hydrogens (tertiary/aromatic N) is 1. The number of para-hydroxylation sites is 2. The van der Waals surface area contributed by atoms with Crippen LogP contribution in [0, 0.1) is 23.2 Å². The fourth-order valence-electron chi connectivity index (χ4n) is 3.51. The second-order valence-corrected chi connectivity index (χ2v) is 6.61. The summed E-state index contributed by atoms with van der Waals surface area (Å²) >= 11 is 0. The van der Waals surface area contributed by atoms with Crippen LogP contribution in [0.1, 0.15) is 46.0 Å². The molecular formula is C18H26N2O. The van der Waals surface area contributed by atoms with Crippen molar-refractivity contribution in [3.8, 4) is 11.8 Å². The van der Waals surface area contributed by atoms with Crippen molar-refractivity contribution in [2.45, 2.75) is 51.5 Å². The number of hydrogen-bond donors (Lipinski definition) is 1. The third kappa shape index (κ3) is 3.91. The summed E-state index contributed by atoms with van der Waals surface area (Å²) in [5, 5.41) is 13.2. The average molecular weight is 286 g/mol. The van der Waals surface area contributed by atoms with E-state index >= 15 is 0 Å². The first-order valence-electron chi connectivity index (χ1n) is 7.91. The van der Waals surface area contributed by atoms with Gasteiger partial charge in [-0.05, 0) is 49.7 Å². The van der Waals surface area contributed by atoms with Gasteiger partial charge in [-0.25, -0.2) is 0 Å². The maximum atomic E-state index is 9.77. The van der Waals surface area contributed by atoms with E-state index in [9.17, 15) is 5.26 Å². The fourth-order valence-corrected chi connectivity index (χ4v) is 3.51. The Bertz CT molecular complexity index is 506. The number of hydrogen-bond acceptors (Lipinski definition) is 3. The van der Waals surface area contributed by atoms with Gasteiger partial charge in [0.15, 0.2) is 0 Å². The number of nitriles is 1. The van der Waals surface area contributed by atoms with E-state index in [1.807, 2.05) is 24.3 Å². The molecule has 1 saturated carbocycles. The molecule has 1 aliphatic carbocycles. The van der Waals surface area contributed by atoms with Crippen molar-refractivity contribution in [1.29, 1.82) is 5.26 Å². The molecule has 3 nitrogen and oxygen atoms in total. The topological polar surface area (TPSA) is 45.0 Å². The first-order valence-corrected chi connectivity index (χ1v) is 7.91. The Labute approximate surface area is 128 Å². The number of methoxy groups -OCH3 is 1. The van der Waals surface area contributed by atoms with Crippen LogP contribution in [-0.2, 0) is 0 Å². The van der Waals surface area contributed by atoms with Gasteiger partial charge < -0.3 is 10.1 Å². The van der Waals surface area contributed by atoms with E-state index < -0.39 is 5.54 Å². The molecule has 1 aromatic carbocycles. The lowest BCUT2D eigenvalue weighted by atomic mass is 9.73. The molecule has 0 heterocycles. The minimum absolute atomic E-state index is 0.452. The van der Waals surface area contributed by atoms with E-state index in [1.54, 1.807) is 7.11 Å². The van der Waals surface area contributed by atoms with Gasteiger partial charge in [-0.2, -0.15) is 5.26 Å². The van der Waals surface area contributed by atoms with Gasteiger partial charge in [0.25, 0.3) is 0 Å². The summed E-state index contributed by atoms with van der Waals surface area (Å²) in [5.74, 6) is 2.13. The molecule has 114 valence electrons. The monoisotopic (exact) mass is 286 g/mol. The number of anilines is 1. The Morgan fingerprint density at radius 2 is 2.19 bits per heavy atom. The molecule has 0 saturated heterocycles.